The van der Waals surface area contributed by atoms with Crippen LogP contribution in [0.1, 0.15) is 17.7 Å². The van der Waals surface area contributed by atoms with Crippen LogP contribution in [0.2, 0.25) is 0 Å². The molecule has 13 heavy (non-hydrogen) atoms. The molecule has 68 valence electrons. The fraction of sp³-hybridized carbons (Fsp3) is 0.143. The van der Waals surface area contributed by atoms with Crippen LogP contribution in [-0.4, -0.2) is 4.98 Å². The SMILES string of the molecule is N#Cc1c(C(F)F)ncc(N)c1I. The molecule has 0 aliphatic carbocycles. The zero-order chi connectivity index (χ0) is 10.0. The number of rotatable bonds is 1. The van der Waals surface area contributed by atoms with Gasteiger partial charge in [0, 0.05) is 0 Å². The smallest absolute Gasteiger partial charge is 0.281 e. The molecule has 1 heterocycles. The lowest BCUT2D eigenvalue weighted by molar-refractivity contribution is 0.145. The van der Waals surface area contributed by atoms with Crippen molar-refractivity contribution in [1.29, 1.82) is 5.26 Å². The molecule has 0 radical (unpaired) electrons. The van der Waals surface area contributed by atoms with E-state index in [0.29, 0.717) is 3.57 Å². The van der Waals surface area contributed by atoms with Crippen molar-refractivity contribution in [3.8, 4) is 6.07 Å². The summed E-state index contributed by atoms with van der Waals surface area (Å²) in [7, 11) is 0. The number of anilines is 1. The minimum Gasteiger partial charge on any atom is -0.397 e. The number of halogens is 3. The van der Waals surface area contributed by atoms with Crippen molar-refractivity contribution >= 4 is 28.3 Å². The molecule has 0 fully saturated rings. The fourth-order valence-corrected chi connectivity index (χ4v) is 1.33. The summed E-state index contributed by atoms with van der Waals surface area (Å²) >= 11 is 1.74. The molecule has 0 spiro atoms. The lowest BCUT2D eigenvalue weighted by Gasteiger charge is -2.04. The van der Waals surface area contributed by atoms with Crippen molar-refractivity contribution in [2.45, 2.75) is 6.43 Å². The minimum atomic E-state index is -2.75. The van der Waals surface area contributed by atoms with Crippen LogP contribution < -0.4 is 5.73 Å². The molecule has 0 aromatic carbocycles. The van der Waals surface area contributed by atoms with Crippen LogP contribution in [0.5, 0.6) is 0 Å². The zero-order valence-corrected chi connectivity index (χ0v) is 8.42. The predicted molar refractivity (Wildman–Crippen MR) is 51.0 cm³/mol. The maximum atomic E-state index is 12.3. The van der Waals surface area contributed by atoms with Gasteiger partial charge in [0.2, 0.25) is 0 Å². The summed E-state index contributed by atoms with van der Waals surface area (Å²) < 4.78 is 24.9. The Hall–Kier alpha value is -0.970. The van der Waals surface area contributed by atoms with Gasteiger partial charge in [-0.05, 0) is 22.6 Å². The van der Waals surface area contributed by atoms with Crippen molar-refractivity contribution in [3.05, 3.63) is 21.0 Å². The quantitative estimate of drug-likeness (QED) is 0.807. The van der Waals surface area contributed by atoms with Crippen molar-refractivity contribution in [1.82, 2.24) is 4.98 Å². The van der Waals surface area contributed by atoms with Gasteiger partial charge >= 0.3 is 0 Å². The standard InChI is InChI=1S/C7H4F2IN3/c8-7(9)6-3(1-11)5(10)4(12)2-13-6/h2,7H,12H2. The normalized spacial score (nSPS) is 10.1. The van der Waals surface area contributed by atoms with Crippen LogP contribution >= 0.6 is 22.6 Å². The largest absolute Gasteiger partial charge is 0.397 e. The van der Waals surface area contributed by atoms with Gasteiger partial charge in [-0.25, -0.2) is 8.78 Å². The third-order valence-corrected chi connectivity index (χ3v) is 2.55. The first-order chi connectivity index (χ1) is 6.07. The van der Waals surface area contributed by atoms with Crippen LogP contribution in [-0.2, 0) is 0 Å². The Morgan fingerprint density at radius 1 is 1.62 bits per heavy atom. The van der Waals surface area contributed by atoms with Gasteiger partial charge < -0.3 is 5.73 Å². The van der Waals surface area contributed by atoms with Gasteiger partial charge in [0.05, 0.1) is 21.0 Å². The lowest BCUT2D eigenvalue weighted by atomic mass is 10.2. The monoisotopic (exact) mass is 295 g/mol. The number of aromatic nitrogens is 1. The summed E-state index contributed by atoms with van der Waals surface area (Å²) in [6, 6.07) is 1.66. The molecule has 0 saturated heterocycles. The highest BCUT2D eigenvalue weighted by Gasteiger charge is 2.18. The average molecular weight is 295 g/mol. The Kier molecular flexibility index (Phi) is 2.98. The fourth-order valence-electron chi connectivity index (χ4n) is 0.789. The second kappa shape index (κ2) is 3.83. The molecule has 1 rings (SSSR count). The lowest BCUT2D eigenvalue weighted by Crippen LogP contribution is -2.01. The van der Waals surface area contributed by atoms with Gasteiger partial charge in [0.25, 0.3) is 6.43 Å². The zero-order valence-electron chi connectivity index (χ0n) is 6.26. The summed E-state index contributed by atoms with van der Waals surface area (Å²) in [4.78, 5) is 3.41. The number of nitrogens with two attached hydrogens (primary N) is 1. The summed E-state index contributed by atoms with van der Waals surface area (Å²) in [6.45, 7) is 0. The summed E-state index contributed by atoms with van der Waals surface area (Å²) in [5.41, 5.74) is 4.98. The van der Waals surface area contributed by atoms with Gasteiger partial charge in [-0.3, -0.25) is 4.98 Å². The summed E-state index contributed by atoms with van der Waals surface area (Å²) in [5, 5.41) is 8.59. The van der Waals surface area contributed by atoms with E-state index < -0.39 is 12.1 Å². The number of nitrogen functional groups attached to an aromatic ring is 1. The number of alkyl halides is 2. The average Bonchev–Trinajstić information content (AvgIpc) is 2.09. The molecule has 0 bridgehead atoms. The molecule has 0 aliphatic rings. The molecule has 1 aromatic rings. The first-order valence-electron chi connectivity index (χ1n) is 3.20. The Bertz CT molecular complexity index is 373. The highest BCUT2D eigenvalue weighted by atomic mass is 127. The Morgan fingerprint density at radius 2 is 2.23 bits per heavy atom. The molecule has 3 nitrogen and oxygen atoms in total. The van der Waals surface area contributed by atoms with E-state index in [4.69, 9.17) is 11.0 Å². The molecule has 6 heteroatoms. The number of pyridine rings is 1. The molecule has 0 aliphatic heterocycles. The maximum Gasteiger partial charge on any atom is 0.281 e. The van der Waals surface area contributed by atoms with Crippen molar-refractivity contribution in [2.75, 3.05) is 5.73 Å². The Labute approximate surface area is 86.7 Å². The second-order valence-corrected chi connectivity index (χ2v) is 3.28. The summed E-state index contributed by atoms with van der Waals surface area (Å²) in [6.07, 6.45) is -1.62. The van der Waals surface area contributed by atoms with Crippen LogP contribution in [0.25, 0.3) is 0 Å². The van der Waals surface area contributed by atoms with Crippen LogP contribution in [0, 0.1) is 14.9 Å². The van der Waals surface area contributed by atoms with Gasteiger partial charge in [0.15, 0.2) is 0 Å². The number of nitrogens with zero attached hydrogens (tertiary/aromatic N) is 2. The van der Waals surface area contributed by atoms with Crippen LogP contribution in [0.4, 0.5) is 14.5 Å². The number of nitriles is 1. The molecule has 0 unspecified atom stereocenters. The van der Waals surface area contributed by atoms with Gasteiger partial charge in [0.1, 0.15) is 11.8 Å². The van der Waals surface area contributed by atoms with E-state index >= 15 is 0 Å². The second-order valence-electron chi connectivity index (χ2n) is 2.20. The first kappa shape index (κ1) is 10.1. The van der Waals surface area contributed by atoms with E-state index in [9.17, 15) is 8.78 Å². The molecule has 0 amide bonds. The molecule has 1 aromatic heterocycles. The van der Waals surface area contributed by atoms with Gasteiger partial charge in [-0.1, -0.05) is 0 Å². The Balaban J connectivity index is 3.41. The van der Waals surface area contributed by atoms with Crippen molar-refractivity contribution < 1.29 is 8.78 Å². The highest BCUT2D eigenvalue weighted by molar-refractivity contribution is 14.1. The molecular formula is C7H4F2IN3. The highest BCUT2D eigenvalue weighted by Crippen LogP contribution is 2.26. The van der Waals surface area contributed by atoms with E-state index in [1.165, 1.54) is 0 Å². The van der Waals surface area contributed by atoms with Crippen LogP contribution in [0.3, 0.4) is 0 Å². The molecule has 2 N–H and O–H groups in total. The third kappa shape index (κ3) is 1.85. The van der Waals surface area contributed by atoms with Gasteiger partial charge in [-0.2, -0.15) is 5.26 Å². The summed E-state index contributed by atoms with van der Waals surface area (Å²) in [5.74, 6) is 0. The number of hydrogen-bond acceptors (Lipinski definition) is 3. The molecular weight excluding hydrogens is 291 g/mol. The first-order valence-corrected chi connectivity index (χ1v) is 4.28. The molecule has 0 saturated carbocycles. The van der Waals surface area contributed by atoms with E-state index in [2.05, 4.69) is 4.98 Å². The topological polar surface area (TPSA) is 62.7 Å². The van der Waals surface area contributed by atoms with E-state index in [1.54, 1.807) is 28.7 Å². The van der Waals surface area contributed by atoms with E-state index in [0.717, 1.165) is 6.20 Å². The van der Waals surface area contributed by atoms with Crippen LogP contribution in [0.15, 0.2) is 6.20 Å². The minimum absolute atomic E-state index is 0.143. The van der Waals surface area contributed by atoms with Crippen molar-refractivity contribution in [3.63, 3.8) is 0 Å². The number of hydrogen-bond donors (Lipinski definition) is 1. The van der Waals surface area contributed by atoms with Gasteiger partial charge in [-0.15, -0.1) is 0 Å². The van der Waals surface area contributed by atoms with E-state index in [-0.39, 0.29) is 11.3 Å². The predicted octanol–water partition coefficient (Wildman–Crippen LogP) is 2.08. The van der Waals surface area contributed by atoms with E-state index in [1.807, 2.05) is 0 Å². The Morgan fingerprint density at radius 3 is 2.69 bits per heavy atom. The third-order valence-electron chi connectivity index (χ3n) is 1.39. The molecule has 0 atom stereocenters. The maximum absolute atomic E-state index is 12.3. The van der Waals surface area contributed by atoms with Crippen molar-refractivity contribution in [2.24, 2.45) is 0 Å².